The van der Waals surface area contributed by atoms with Crippen LogP contribution in [0.3, 0.4) is 0 Å². The summed E-state index contributed by atoms with van der Waals surface area (Å²) in [7, 11) is 0. The van der Waals surface area contributed by atoms with Crippen molar-refractivity contribution in [2.45, 2.75) is 33.6 Å². The molecule has 1 N–H and O–H groups in total. The minimum Gasteiger partial charge on any atom is -0.379 e. The van der Waals surface area contributed by atoms with Crippen LogP contribution in [0.15, 0.2) is 30.3 Å². The van der Waals surface area contributed by atoms with Gasteiger partial charge < -0.3 is 10.1 Å². The van der Waals surface area contributed by atoms with E-state index in [0.717, 1.165) is 66.5 Å². The average molecular weight is 422 g/mol. The van der Waals surface area contributed by atoms with Crippen molar-refractivity contribution in [3.63, 3.8) is 0 Å². The fourth-order valence-electron chi connectivity index (χ4n) is 4.33. The maximum Gasteiger partial charge on any atom is 0.220 e. The molecule has 164 valence electrons. The van der Waals surface area contributed by atoms with E-state index in [9.17, 15) is 4.79 Å². The fourth-order valence-corrected chi connectivity index (χ4v) is 4.33. The molecule has 7 nitrogen and oxygen atoms in total. The first-order valence-corrected chi connectivity index (χ1v) is 11.0. The summed E-state index contributed by atoms with van der Waals surface area (Å²) in [6, 6.07) is 10.1. The van der Waals surface area contributed by atoms with Crippen molar-refractivity contribution >= 4 is 16.9 Å². The molecule has 3 heterocycles. The first-order valence-electron chi connectivity index (χ1n) is 11.0. The van der Waals surface area contributed by atoms with E-state index >= 15 is 0 Å². The summed E-state index contributed by atoms with van der Waals surface area (Å²) < 4.78 is 7.27. The van der Waals surface area contributed by atoms with Gasteiger partial charge in [-0.25, -0.2) is 9.67 Å². The molecule has 7 heteroatoms. The molecule has 1 amide bonds. The standard InChI is InChI=1S/C24H31N5O2/c1-17-21(9-10-22(30)25-11-12-28-13-15-31-16-14-28)18(2)26-24-23(17)19(3)27-29(24)20-7-5-4-6-8-20/h4-8H,9-16H2,1-3H3,(H,25,30). The van der Waals surface area contributed by atoms with Crippen LogP contribution in [0.4, 0.5) is 0 Å². The summed E-state index contributed by atoms with van der Waals surface area (Å²) in [5, 5.41) is 8.88. The maximum atomic E-state index is 12.4. The SMILES string of the molecule is Cc1nc2c(c(C)nn2-c2ccccc2)c(C)c1CCC(=O)NCCN1CCOCC1. The molecule has 1 fully saturated rings. The number of aryl methyl sites for hydroxylation is 3. The van der Waals surface area contributed by atoms with Gasteiger partial charge in [0.25, 0.3) is 0 Å². The van der Waals surface area contributed by atoms with Gasteiger partial charge in [-0.15, -0.1) is 0 Å². The maximum absolute atomic E-state index is 12.4. The highest BCUT2D eigenvalue weighted by atomic mass is 16.5. The third-order valence-electron chi connectivity index (χ3n) is 6.03. The van der Waals surface area contributed by atoms with Gasteiger partial charge in [0.15, 0.2) is 5.65 Å². The Labute approximate surface area is 183 Å². The lowest BCUT2D eigenvalue weighted by Gasteiger charge is -2.26. The van der Waals surface area contributed by atoms with E-state index in [4.69, 9.17) is 14.8 Å². The highest BCUT2D eigenvalue weighted by Gasteiger charge is 2.18. The molecule has 0 aliphatic carbocycles. The number of ether oxygens (including phenoxy) is 1. The van der Waals surface area contributed by atoms with Crippen LogP contribution >= 0.6 is 0 Å². The molecular weight excluding hydrogens is 390 g/mol. The molecule has 0 unspecified atom stereocenters. The second-order valence-electron chi connectivity index (χ2n) is 8.14. The van der Waals surface area contributed by atoms with Crippen LogP contribution in [0.5, 0.6) is 0 Å². The monoisotopic (exact) mass is 421 g/mol. The molecular formula is C24H31N5O2. The number of para-hydroxylation sites is 1. The lowest BCUT2D eigenvalue weighted by atomic mass is 9.99. The summed E-state index contributed by atoms with van der Waals surface area (Å²) in [6.45, 7) is 11.2. The predicted molar refractivity (Wildman–Crippen MR) is 122 cm³/mol. The van der Waals surface area contributed by atoms with Crippen LogP contribution in [-0.2, 0) is 16.0 Å². The van der Waals surface area contributed by atoms with E-state index in [1.807, 2.05) is 48.9 Å². The third-order valence-corrected chi connectivity index (χ3v) is 6.03. The molecule has 0 bridgehead atoms. The Morgan fingerprint density at radius 1 is 1.10 bits per heavy atom. The van der Waals surface area contributed by atoms with Gasteiger partial charge in [-0.3, -0.25) is 9.69 Å². The van der Waals surface area contributed by atoms with Crippen LogP contribution in [0.1, 0.15) is 28.9 Å². The number of pyridine rings is 1. The Balaban J connectivity index is 1.44. The number of morpholine rings is 1. The Kier molecular flexibility index (Phi) is 6.63. The van der Waals surface area contributed by atoms with Gasteiger partial charge in [-0.2, -0.15) is 5.10 Å². The number of fused-ring (bicyclic) bond motifs is 1. The van der Waals surface area contributed by atoms with Crippen molar-refractivity contribution in [3.8, 4) is 5.69 Å². The zero-order chi connectivity index (χ0) is 21.8. The van der Waals surface area contributed by atoms with Crippen LogP contribution in [0, 0.1) is 20.8 Å². The molecule has 1 aliphatic heterocycles. The van der Waals surface area contributed by atoms with E-state index in [0.29, 0.717) is 19.4 Å². The van der Waals surface area contributed by atoms with Gasteiger partial charge in [0.2, 0.25) is 5.91 Å². The van der Waals surface area contributed by atoms with Gasteiger partial charge in [-0.1, -0.05) is 18.2 Å². The summed E-state index contributed by atoms with van der Waals surface area (Å²) in [6.07, 6.45) is 1.14. The van der Waals surface area contributed by atoms with Crippen molar-refractivity contribution < 1.29 is 9.53 Å². The van der Waals surface area contributed by atoms with Gasteiger partial charge in [0.05, 0.1) is 24.6 Å². The minimum atomic E-state index is 0.0869. The molecule has 1 aromatic carbocycles. The molecule has 4 rings (SSSR count). The van der Waals surface area contributed by atoms with Gasteiger partial charge in [0, 0.05) is 43.7 Å². The first-order chi connectivity index (χ1) is 15.0. The van der Waals surface area contributed by atoms with Crippen LogP contribution in [0.25, 0.3) is 16.7 Å². The number of carbonyl (C=O) groups is 1. The van der Waals surface area contributed by atoms with E-state index < -0.39 is 0 Å². The number of hydrogen-bond acceptors (Lipinski definition) is 5. The number of hydrogen-bond donors (Lipinski definition) is 1. The molecule has 0 saturated carbocycles. The Bertz CT molecular complexity index is 1060. The topological polar surface area (TPSA) is 72.3 Å². The molecule has 0 radical (unpaired) electrons. The molecule has 31 heavy (non-hydrogen) atoms. The molecule has 0 spiro atoms. The van der Waals surface area contributed by atoms with Crippen LogP contribution in [0.2, 0.25) is 0 Å². The summed E-state index contributed by atoms with van der Waals surface area (Å²) in [5.74, 6) is 0.0869. The second-order valence-corrected chi connectivity index (χ2v) is 8.14. The predicted octanol–water partition coefficient (Wildman–Crippen LogP) is 2.73. The number of amides is 1. The number of aromatic nitrogens is 3. The lowest BCUT2D eigenvalue weighted by Crippen LogP contribution is -2.41. The van der Waals surface area contributed by atoms with Crippen molar-refractivity contribution in [1.82, 2.24) is 25.0 Å². The summed E-state index contributed by atoms with van der Waals surface area (Å²) in [5.41, 5.74) is 6.11. The molecule has 3 aromatic rings. The molecule has 0 atom stereocenters. The Morgan fingerprint density at radius 2 is 1.84 bits per heavy atom. The van der Waals surface area contributed by atoms with Crippen molar-refractivity contribution in [2.24, 2.45) is 0 Å². The highest BCUT2D eigenvalue weighted by molar-refractivity contribution is 5.85. The minimum absolute atomic E-state index is 0.0869. The number of nitrogens with zero attached hydrogens (tertiary/aromatic N) is 4. The highest BCUT2D eigenvalue weighted by Crippen LogP contribution is 2.28. The number of rotatable bonds is 7. The van der Waals surface area contributed by atoms with E-state index in [1.165, 1.54) is 5.56 Å². The van der Waals surface area contributed by atoms with Gasteiger partial charge in [-0.05, 0) is 50.5 Å². The van der Waals surface area contributed by atoms with Gasteiger partial charge >= 0.3 is 0 Å². The Hall–Kier alpha value is -2.77. The molecule has 1 aliphatic rings. The van der Waals surface area contributed by atoms with Crippen molar-refractivity contribution in [2.75, 3.05) is 39.4 Å². The number of carbonyl (C=O) groups excluding carboxylic acids is 1. The molecule has 1 saturated heterocycles. The smallest absolute Gasteiger partial charge is 0.220 e. The van der Waals surface area contributed by atoms with Crippen LogP contribution < -0.4 is 5.32 Å². The van der Waals surface area contributed by atoms with E-state index in [-0.39, 0.29) is 5.91 Å². The average Bonchev–Trinajstić information content (AvgIpc) is 3.11. The van der Waals surface area contributed by atoms with E-state index in [1.54, 1.807) is 0 Å². The van der Waals surface area contributed by atoms with E-state index in [2.05, 4.69) is 17.1 Å². The normalized spacial score (nSPS) is 14.8. The Morgan fingerprint density at radius 3 is 2.58 bits per heavy atom. The fraction of sp³-hybridized carbons (Fsp3) is 0.458. The second kappa shape index (κ2) is 9.58. The quantitative estimate of drug-likeness (QED) is 0.635. The molecule has 2 aromatic heterocycles. The van der Waals surface area contributed by atoms with Crippen LogP contribution in [-0.4, -0.2) is 65.0 Å². The third kappa shape index (κ3) is 4.78. The van der Waals surface area contributed by atoms with Crippen molar-refractivity contribution in [1.29, 1.82) is 0 Å². The number of benzene rings is 1. The van der Waals surface area contributed by atoms with Gasteiger partial charge in [0.1, 0.15) is 0 Å². The zero-order valence-corrected chi connectivity index (χ0v) is 18.6. The lowest BCUT2D eigenvalue weighted by molar-refractivity contribution is -0.121. The largest absolute Gasteiger partial charge is 0.379 e. The zero-order valence-electron chi connectivity index (χ0n) is 18.6. The summed E-state index contributed by atoms with van der Waals surface area (Å²) in [4.78, 5) is 19.6. The van der Waals surface area contributed by atoms with Crippen molar-refractivity contribution in [3.05, 3.63) is 52.8 Å². The summed E-state index contributed by atoms with van der Waals surface area (Å²) >= 11 is 0. The first kappa shape index (κ1) is 21.5. The number of nitrogens with one attached hydrogen (secondary N) is 1.